The number of pyridine rings is 1. The number of benzene rings is 3. The summed E-state index contributed by atoms with van der Waals surface area (Å²) in [6.07, 6.45) is 0. The van der Waals surface area contributed by atoms with Crippen LogP contribution in [0.15, 0.2) is 83.3 Å². The zero-order valence-electron chi connectivity index (χ0n) is 14.2. The lowest BCUT2D eigenvalue weighted by atomic mass is 10.0. The Morgan fingerprint density at radius 2 is 1.56 bits per heavy atom. The van der Waals surface area contributed by atoms with Crippen LogP contribution in [0.3, 0.4) is 0 Å². The summed E-state index contributed by atoms with van der Waals surface area (Å²) in [4.78, 5) is 4.87. The number of hydrogen-bond acceptors (Lipinski definition) is 3. The Morgan fingerprint density at radius 1 is 0.815 bits per heavy atom. The van der Waals surface area contributed by atoms with Crippen molar-refractivity contribution < 1.29 is 9.52 Å². The first-order valence-electron chi connectivity index (χ1n) is 8.57. The Balaban J connectivity index is 1.89. The molecule has 5 aromatic rings. The van der Waals surface area contributed by atoms with Crippen molar-refractivity contribution in [1.29, 1.82) is 0 Å². The average Bonchev–Trinajstić information content (AvgIpc) is 3.07. The molecule has 3 aromatic carbocycles. The van der Waals surface area contributed by atoms with Crippen molar-refractivity contribution in [3.63, 3.8) is 0 Å². The average molecular weight is 372 g/mol. The quantitative estimate of drug-likeness (QED) is 0.376. The van der Waals surface area contributed by atoms with Crippen LogP contribution in [0.4, 0.5) is 0 Å². The van der Waals surface area contributed by atoms with Gasteiger partial charge in [-0.25, -0.2) is 4.98 Å². The second-order valence-electron chi connectivity index (χ2n) is 6.36. The third-order valence-corrected chi connectivity index (χ3v) is 4.98. The lowest BCUT2D eigenvalue weighted by Gasteiger charge is -2.08. The Morgan fingerprint density at radius 3 is 2.37 bits per heavy atom. The van der Waals surface area contributed by atoms with E-state index in [1.165, 1.54) is 0 Å². The molecule has 5 rings (SSSR count). The van der Waals surface area contributed by atoms with Gasteiger partial charge in [-0.1, -0.05) is 54.1 Å². The number of fused-ring (bicyclic) bond motifs is 3. The van der Waals surface area contributed by atoms with E-state index in [-0.39, 0.29) is 5.75 Å². The van der Waals surface area contributed by atoms with Gasteiger partial charge in [0, 0.05) is 21.5 Å². The first-order chi connectivity index (χ1) is 13.2. The van der Waals surface area contributed by atoms with Crippen molar-refractivity contribution in [2.24, 2.45) is 0 Å². The number of furan rings is 1. The van der Waals surface area contributed by atoms with E-state index in [2.05, 4.69) is 0 Å². The molecular weight excluding hydrogens is 358 g/mol. The molecule has 0 bridgehead atoms. The standard InChI is InChI=1S/C23H14ClNO2/c24-19-7-3-1-5-16(19)20-13-18(14-9-11-15(26)12-10-14)23-22(25-20)17-6-2-4-8-21(17)27-23/h1-13,26H. The highest BCUT2D eigenvalue weighted by atomic mass is 35.5. The monoisotopic (exact) mass is 371 g/mol. The van der Waals surface area contributed by atoms with E-state index in [0.717, 1.165) is 44.5 Å². The Kier molecular flexibility index (Phi) is 3.62. The molecule has 0 aliphatic heterocycles. The Labute approximate surface area is 160 Å². The fourth-order valence-electron chi connectivity index (χ4n) is 3.34. The molecule has 0 saturated carbocycles. The first kappa shape index (κ1) is 15.9. The van der Waals surface area contributed by atoms with Gasteiger partial charge in [0.05, 0.1) is 5.69 Å². The lowest BCUT2D eigenvalue weighted by Crippen LogP contribution is -1.89. The van der Waals surface area contributed by atoms with Gasteiger partial charge in [-0.2, -0.15) is 0 Å². The smallest absolute Gasteiger partial charge is 0.161 e. The third kappa shape index (κ3) is 2.64. The minimum Gasteiger partial charge on any atom is -0.508 e. The topological polar surface area (TPSA) is 46.3 Å². The van der Waals surface area contributed by atoms with Crippen LogP contribution in [0.2, 0.25) is 5.02 Å². The lowest BCUT2D eigenvalue weighted by molar-refractivity contribution is 0.475. The predicted molar refractivity (Wildman–Crippen MR) is 109 cm³/mol. The molecule has 0 atom stereocenters. The third-order valence-electron chi connectivity index (χ3n) is 4.66. The van der Waals surface area contributed by atoms with Gasteiger partial charge >= 0.3 is 0 Å². The maximum atomic E-state index is 9.65. The maximum Gasteiger partial charge on any atom is 0.161 e. The SMILES string of the molecule is Oc1ccc(-c2cc(-c3ccccc3Cl)nc3c2oc2ccccc23)cc1. The normalized spacial score (nSPS) is 11.3. The van der Waals surface area contributed by atoms with Crippen LogP contribution in [0.5, 0.6) is 5.75 Å². The molecule has 0 amide bonds. The second kappa shape index (κ2) is 6.15. The molecule has 3 nitrogen and oxygen atoms in total. The van der Waals surface area contributed by atoms with E-state index in [0.29, 0.717) is 5.02 Å². The van der Waals surface area contributed by atoms with Gasteiger partial charge in [-0.3, -0.25) is 0 Å². The first-order valence-corrected chi connectivity index (χ1v) is 8.95. The number of nitrogens with zero attached hydrogens (tertiary/aromatic N) is 1. The number of rotatable bonds is 2. The van der Waals surface area contributed by atoms with Crippen LogP contribution in [-0.2, 0) is 0 Å². The van der Waals surface area contributed by atoms with Gasteiger partial charge in [-0.05, 0) is 42.0 Å². The van der Waals surface area contributed by atoms with Crippen LogP contribution in [0.1, 0.15) is 0 Å². The molecule has 0 radical (unpaired) electrons. The molecule has 130 valence electrons. The van der Waals surface area contributed by atoms with Crippen molar-refractivity contribution in [2.75, 3.05) is 0 Å². The number of para-hydroxylation sites is 1. The zero-order valence-corrected chi connectivity index (χ0v) is 14.9. The number of halogens is 1. The van der Waals surface area contributed by atoms with Crippen molar-refractivity contribution in [3.05, 3.63) is 83.9 Å². The van der Waals surface area contributed by atoms with Crippen molar-refractivity contribution >= 4 is 33.7 Å². The minimum atomic E-state index is 0.222. The molecule has 2 heterocycles. The molecule has 0 aliphatic rings. The summed E-state index contributed by atoms with van der Waals surface area (Å²) in [5.41, 5.74) is 5.80. The van der Waals surface area contributed by atoms with E-state index in [1.807, 2.05) is 66.7 Å². The van der Waals surface area contributed by atoms with E-state index in [4.69, 9.17) is 21.0 Å². The molecule has 2 aromatic heterocycles. The van der Waals surface area contributed by atoms with Gasteiger partial charge in [-0.15, -0.1) is 0 Å². The molecule has 0 fully saturated rings. The molecule has 0 saturated heterocycles. The summed E-state index contributed by atoms with van der Waals surface area (Å²) in [6.45, 7) is 0. The van der Waals surface area contributed by atoms with Gasteiger partial charge in [0.2, 0.25) is 0 Å². The number of aromatic hydroxyl groups is 1. The van der Waals surface area contributed by atoms with Gasteiger partial charge in [0.15, 0.2) is 5.58 Å². The fraction of sp³-hybridized carbons (Fsp3) is 0. The van der Waals surface area contributed by atoms with Crippen molar-refractivity contribution in [3.8, 4) is 28.1 Å². The van der Waals surface area contributed by atoms with Gasteiger partial charge < -0.3 is 9.52 Å². The van der Waals surface area contributed by atoms with Crippen LogP contribution in [0.25, 0.3) is 44.5 Å². The fourth-order valence-corrected chi connectivity index (χ4v) is 3.58. The summed E-state index contributed by atoms with van der Waals surface area (Å²) in [5, 5.41) is 11.3. The van der Waals surface area contributed by atoms with Gasteiger partial charge in [0.1, 0.15) is 16.8 Å². The molecule has 1 N–H and O–H groups in total. The highest BCUT2D eigenvalue weighted by Gasteiger charge is 2.17. The summed E-state index contributed by atoms with van der Waals surface area (Å²) in [5.74, 6) is 0.222. The van der Waals surface area contributed by atoms with E-state index < -0.39 is 0 Å². The number of aromatic nitrogens is 1. The molecule has 0 unspecified atom stereocenters. The largest absolute Gasteiger partial charge is 0.508 e. The van der Waals surface area contributed by atoms with Crippen molar-refractivity contribution in [1.82, 2.24) is 4.98 Å². The minimum absolute atomic E-state index is 0.222. The summed E-state index contributed by atoms with van der Waals surface area (Å²) >= 11 is 6.42. The number of phenolic OH excluding ortho intramolecular Hbond substituents is 1. The zero-order chi connectivity index (χ0) is 18.4. The van der Waals surface area contributed by atoms with Gasteiger partial charge in [0.25, 0.3) is 0 Å². The summed E-state index contributed by atoms with van der Waals surface area (Å²) in [7, 11) is 0. The van der Waals surface area contributed by atoms with E-state index >= 15 is 0 Å². The molecular formula is C23H14ClNO2. The van der Waals surface area contributed by atoms with Crippen LogP contribution in [-0.4, -0.2) is 10.1 Å². The number of hydrogen-bond donors (Lipinski definition) is 1. The maximum absolute atomic E-state index is 9.65. The second-order valence-corrected chi connectivity index (χ2v) is 6.76. The highest BCUT2D eigenvalue weighted by molar-refractivity contribution is 6.33. The van der Waals surface area contributed by atoms with Crippen molar-refractivity contribution in [2.45, 2.75) is 0 Å². The van der Waals surface area contributed by atoms with Crippen LogP contribution >= 0.6 is 11.6 Å². The Hall–Kier alpha value is -3.30. The Bertz CT molecular complexity index is 1290. The molecule has 0 spiro atoms. The molecule has 0 aliphatic carbocycles. The predicted octanol–water partition coefficient (Wildman–Crippen LogP) is 6.67. The van der Waals surface area contributed by atoms with Crippen LogP contribution in [0, 0.1) is 0 Å². The van der Waals surface area contributed by atoms with E-state index in [9.17, 15) is 5.11 Å². The number of phenols is 1. The summed E-state index contributed by atoms with van der Waals surface area (Å²) in [6, 6.07) is 24.6. The van der Waals surface area contributed by atoms with Crippen LogP contribution < -0.4 is 0 Å². The molecule has 4 heteroatoms. The summed E-state index contributed by atoms with van der Waals surface area (Å²) < 4.78 is 6.13. The molecule has 27 heavy (non-hydrogen) atoms. The highest BCUT2D eigenvalue weighted by Crippen LogP contribution is 2.38. The van der Waals surface area contributed by atoms with E-state index in [1.54, 1.807) is 12.1 Å².